The lowest BCUT2D eigenvalue weighted by Crippen LogP contribution is -2.12. The maximum Gasteiger partial charge on any atom is 0.341 e. The van der Waals surface area contributed by atoms with E-state index in [0.717, 1.165) is 16.7 Å². The summed E-state index contributed by atoms with van der Waals surface area (Å²) >= 11 is 0. The van der Waals surface area contributed by atoms with Crippen molar-refractivity contribution in [3.8, 4) is 5.75 Å². The maximum atomic E-state index is 12.4. The summed E-state index contributed by atoms with van der Waals surface area (Å²) in [6, 6.07) is 3.35. The van der Waals surface area contributed by atoms with E-state index in [1.54, 1.807) is 12.1 Å². The lowest BCUT2D eigenvalue weighted by atomic mass is 9.94. The normalized spacial score (nSPS) is 11.3. The van der Waals surface area contributed by atoms with Crippen molar-refractivity contribution >= 4 is 11.8 Å². The van der Waals surface area contributed by atoms with Gasteiger partial charge >= 0.3 is 5.97 Å². The average molecular weight is 276 g/mol. The molecule has 0 spiro atoms. The van der Waals surface area contributed by atoms with E-state index in [2.05, 4.69) is 0 Å². The van der Waals surface area contributed by atoms with Crippen LogP contribution in [0, 0.1) is 13.8 Å². The van der Waals surface area contributed by atoms with Gasteiger partial charge in [-0.15, -0.1) is 0 Å². The molecule has 0 heterocycles. The first-order valence-corrected chi connectivity index (χ1v) is 6.57. The molecule has 4 nitrogen and oxygen atoms in total. The molecule has 1 N–H and O–H groups in total. The first-order valence-electron chi connectivity index (χ1n) is 6.57. The molecule has 0 aliphatic carbocycles. The Labute approximate surface area is 119 Å². The van der Waals surface area contributed by atoms with Crippen molar-refractivity contribution in [1.29, 1.82) is 0 Å². The topological polar surface area (TPSA) is 63.6 Å². The van der Waals surface area contributed by atoms with Gasteiger partial charge in [0.1, 0.15) is 5.75 Å². The molecule has 0 aromatic heterocycles. The van der Waals surface area contributed by atoms with Crippen molar-refractivity contribution in [1.82, 2.24) is 0 Å². The van der Waals surface area contributed by atoms with Crippen molar-refractivity contribution in [3.63, 3.8) is 0 Å². The Morgan fingerprint density at radius 3 is 2.40 bits per heavy atom. The van der Waals surface area contributed by atoms with E-state index < -0.39 is 5.97 Å². The molecular formula is C16H20O4. The smallest absolute Gasteiger partial charge is 0.341 e. The molecule has 108 valence electrons. The third-order valence-corrected chi connectivity index (χ3v) is 3.35. The van der Waals surface area contributed by atoms with Gasteiger partial charge in [0.15, 0.2) is 12.4 Å². The number of ether oxygens (including phenoxy) is 1. The number of allylic oxidation sites excluding steroid dienone is 2. The Bertz CT molecular complexity index is 556. The molecule has 0 aliphatic rings. The van der Waals surface area contributed by atoms with Gasteiger partial charge in [-0.1, -0.05) is 13.0 Å². The molecule has 0 unspecified atom stereocenters. The fourth-order valence-electron chi connectivity index (χ4n) is 2.01. The van der Waals surface area contributed by atoms with Gasteiger partial charge in [0, 0.05) is 5.56 Å². The van der Waals surface area contributed by atoms with Crippen LogP contribution in [0.1, 0.15) is 41.8 Å². The van der Waals surface area contributed by atoms with Crippen LogP contribution >= 0.6 is 0 Å². The summed E-state index contributed by atoms with van der Waals surface area (Å²) in [5.74, 6) is -0.509. The van der Waals surface area contributed by atoms with E-state index in [1.165, 1.54) is 0 Å². The maximum absolute atomic E-state index is 12.4. The highest BCUT2D eigenvalue weighted by Gasteiger charge is 2.16. The SMILES string of the molecule is CC=C(CC)C(=O)c1ccc(OCC(=O)O)c(C)c1C. The molecule has 0 saturated heterocycles. The van der Waals surface area contributed by atoms with Crippen molar-refractivity contribution in [2.75, 3.05) is 6.61 Å². The third kappa shape index (κ3) is 3.47. The number of rotatable bonds is 6. The first-order chi connectivity index (χ1) is 9.42. The van der Waals surface area contributed by atoms with Crippen LogP contribution < -0.4 is 4.74 Å². The molecule has 1 rings (SSSR count). The predicted molar refractivity (Wildman–Crippen MR) is 77.4 cm³/mol. The van der Waals surface area contributed by atoms with E-state index in [9.17, 15) is 9.59 Å². The summed E-state index contributed by atoms with van der Waals surface area (Å²) < 4.78 is 5.20. The highest BCUT2D eigenvalue weighted by Crippen LogP contribution is 2.26. The Morgan fingerprint density at radius 1 is 1.25 bits per heavy atom. The number of carbonyl (C=O) groups excluding carboxylic acids is 1. The van der Waals surface area contributed by atoms with Gasteiger partial charge in [-0.2, -0.15) is 0 Å². The Morgan fingerprint density at radius 2 is 1.90 bits per heavy atom. The van der Waals surface area contributed by atoms with Crippen LogP contribution in [0.2, 0.25) is 0 Å². The summed E-state index contributed by atoms with van der Waals surface area (Å²) in [5.41, 5.74) is 3.03. The second-order valence-corrected chi connectivity index (χ2v) is 4.54. The van der Waals surface area contributed by atoms with Gasteiger partial charge in [-0.3, -0.25) is 4.79 Å². The molecule has 0 radical (unpaired) electrons. The number of hydrogen-bond donors (Lipinski definition) is 1. The number of benzene rings is 1. The van der Waals surface area contributed by atoms with Crippen molar-refractivity contribution in [3.05, 3.63) is 40.5 Å². The molecule has 1 aromatic rings. The number of carboxylic acid groups (broad SMARTS) is 1. The van der Waals surface area contributed by atoms with Crippen LogP contribution in [-0.4, -0.2) is 23.5 Å². The number of aliphatic carboxylic acids is 1. The Hall–Kier alpha value is -2.10. The molecule has 0 atom stereocenters. The lowest BCUT2D eigenvalue weighted by Gasteiger charge is -2.13. The summed E-state index contributed by atoms with van der Waals surface area (Å²) in [5, 5.41) is 8.63. The minimum absolute atomic E-state index is 0.0142. The molecule has 4 heteroatoms. The van der Waals surface area contributed by atoms with Crippen molar-refractivity contribution in [2.24, 2.45) is 0 Å². The lowest BCUT2D eigenvalue weighted by molar-refractivity contribution is -0.139. The molecule has 0 amide bonds. The van der Waals surface area contributed by atoms with E-state index in [1.807, 2.05) is 33.8 Å². The van der Waals surface area contributed by atoms with Crippen molar-refractivity contribution < 1.29 is 19.4 Å². The summed E-state index contributed by atoms with van der Waals surface area (Å²) in [6.45, 7) is 7.08. The third-order valence-electron chi connectivity index (χ3n) is 3.35. The zero-order valence-corrected chi connectivity index (χ0v) is 12.3. The monoisotopic (exact) mass is 276 g/mol. The predicted octanol–water partition coefficient (Wildman–Crippen LogP) is 3.31. The van der Waals surface area contributed by atoms with Crippen molar-refractivity contribution in [2.45, 2.75) is 34.1 Å². The van der Waals surface area contributed by atoms with Gasteiger partial charge in [0.25, 0.3) is 0 Å². The zero-order valence-electron chi connectivity index (χ0n) is 12.3. The van der Waals surface area contributed by atoms with Crippen LogP contribution in [-0.2, 0) is 4.79 Å². The number of ketones is 1. The van der Waals surface area contributed by atoms with Crippen LogP contribution in [0.5, 0.6) is 5.75 Å². The second-order valence-electron chi connectivity index (χ2n) is 4.54. The second kappa shape index (κ2) is 6.89. The molecule has 1 aromatic carbocycles. The largest absolute Gasteiger partial charge is 0.482 e. The molecular weight excluding hydrogens is 256 g/mol. The standard InChI is InChI=1S/C16H20O4/c1-5-12(6-2)16(19)13-7-8-14(11(4)10(13)3)20-9-15(17)18/h5,7-8H,6,9H2,1-4H3,(H,17,18). The van der Waals surface area contributed by atoms with Crippen LogP contribution in [0.15, 0.2) is 23.8 Å². The molecule has 20 heavy (non-hydrogen) atoms. The molecule has 0 saturated carbocycles. The van der Waals surface area contributed by atoms with Crippen LogP contribution in [0.4, 0.5) is 0 Å². The summed E-state index contributed by atoms with van der Waals surface area (Å²) in [4.78, 5) is 22.9. The zero-order chi connectivity index (χ0) is 15.3. The van der Waals surface area contributed by atoms with E-state index in [-0.39, 0.29) is 12.4 Å². The Kier molecular flexibility index (Phi) is 5.50. The molecule has 0 bridgehead atoms. The number of carbonyl (C=O) groups is 2. The van der Waals surface area contributed by atoms with E-state index >= 15 is 0 Å². The van der Waals surface area contributed by atoms with Gasteiger partial charge in [-0.05, 0) is 56.0 Å². The minimum atomic E-state index is -1.02. The summed E-state index contributed by atoms with van der Waals surface area (Å²) in [6.07, 6.45) is 2.51. The Balaban J connectivity index is 3.11. The van der Waals surface area contributed by atoms with E-state index in [0.29, 0.717) is 17.7 Å². The highest BCUT2D eigenvalue weighted by molar-refractivity contribution is 6.09. The number of Topliss-reactive ketones (excluding diaryl/α,β-unsaturated/α-hetero) is 1. The average Bonchev–Trinajstić information content (AvgIpc) is 2.41. The van der Waals surface area contributed by atoms with Crippen LogP contribution in [0.25, 0.3) is 0 Å². The fraction of sp³-hybridized carbons (Fsp3) is 0.375. The quantitative estimate of drug-likeness (QED) is 0.639. The van der Waals surface area contributed by atoms with Gasteiger partial charge in [0.2, 0.25) is 0 Å². The highest BCUT2D eigenvalue weighted by atomic mass is 16.5. The fourth-order valence-corrected chi connectivity index (χ4v) is 2.01. The minimum Gasteiger partial charge on any atom is -0.482 e. The number of hydrogen-bond acceptors (Lipinski definition) is 3. The first kappa shape index (κ1) is 16.0. The molecule has 0 fully saturated rings. The van der Waals surface area contributed by atoms with Gasteiger partial charge in [0.05, 0.1) is 0 Å². The van der Waals surface area contributed by atoms with Crippen LogP contribution in [0.3, 0.4) is 0 Å². The molecule has 0 aliphatic heterocycles. The van der Waals surface area contributed by atoms with Gasteiger partial charge in [-0.25, -0.2) is 4.79 Å². The van der Waals surface area contributed by atoms with Gasteiger partial charge < -0.3 is 9.84 Å². The number of carboxylic acids is 1. The van der Waals surface area contributed by atoms with E-state index in [4.69, 9.17) is 9.84 Å². The summed E-state index contributed by atoms with van der Waals surface area (Å²) in [7, 11) is 0.